The predicted octanol–water partition coefficient (Wildman–Crippen LogP) is 2.59. The fraction of sp³-hybridized carbons (Fsp3) is 0.300. The summed E-state index contributed by atoms with van der Waals surface area (Å²) in [5.41, 5.74) is 1.52. The van der Waals surface area contributed by atoms with Crippen LogP contribution in [0.25, 0.3) is 0 Å². The SMILES string of the molecule is CC/C(=N/OC)c1cccc(F)c1. The van der Waals surface area contributed by atoms with Crippen LogP contribution in [0.1, 0.15) is 18.9 Å². The molecule has 0 aromatic heterocycles. The lowest BCUT2D eigenvalue weighted by molar-refractivity contribution is 0.213. The van der Waals surface area contributed by atoms with Gasteiger partial charge in [0.2, 0.25) is 0 Å². The zero-order chi connectivity index (χ0) is 9.68. The Hall–Kier alpha value is -1.38. The molecule has 3 heteroatoms. The van der Waals surface area contributed by atoms with Gasteiger partial charge in [0.15, 0.2) is 0 Å². The van der Waals surface area contributed by atoms with Gasteiger partial charge in [0.05, 0.1) is 5.71 Å². The summed E-state index contributed by atoms with van der Waals surface area (Å²) < 4.78 is 12.8. The molecule has 1 rings (SSSR count). The average molecular weight is 181 g/mol. The summed E-state index contributed by atoms with van der Waals surface area (Å²) in [6.07, 6.45) is 0.720. The van der Waals surface area contributed by atoms with E-state index >= 15 is 0 Å². The molecule has 2 nitrogen and oxygen atoms in total. The van der Waals surface area contributed by atoms with Gasteiger partial charge >= 0.3 is 0 Å². The number of benzene rings is 1. The van der Waals surface area contributed by atoms with Crippen molar-refractivity contribution in [1.82, 2.24) is 0 Å². The third kappa shape index (κ3) is 2.54. The van der Waals surface area contributed by atoms with Gasteiger partial charge in [-0.2, -0.15) is 0 Å². The summed E-state index contributed by atoms with van der Waals surface area (Å²) in [5.74, 6) is -0.255. The topological polar surface area (TPSA) is 21.6 Å². The Morgan fingerprint density at radius 3 is 2.85 bits per heavy atom. The molecule has 0 saturated carbocycles. The second-order valence-corrected chi connectivity index (χ2v) is 2.58. The van der Waals surface area contributed by atoms with Crippen LogP contribution in [0.5, 0.6) is 0 Å². The quantitative estimate of drug-likeness (QED) is 0.518. The van der Waals surface area contributed by atoms with Crippen LogP contribution in [0.3, 0.4) is 0 Å². The van der Waals surface area contributed by atoms with Gasteiger partial charge in [-0.15, -0.1) is 0 Å². The first kappa shape index (κ1) is 9.71. The monoisotopic (exact) mass is 181 g/mol. The summed E-state index contributed by atoms with van der Waals surface area (Å²) in [5, 5.41) is 3.80. The number of rotatable bonds is 3. The van der Waals surface area contributed by atoms with Crippen molar-refractivity contribution in [2.24, 2.45) is 5.16 Å². The molecular formula is C10H12FNO. The molecule has 0 fully saturated rings. The summed E-state index contributed by atoms with van der Waals surface area (Å²) in [6.45, 7) is 1.95. The largest absolute Gasteiger partial charge is 0.399 e. The molecule has 0 radical (unpaired) electrons. The molecule has 0 bridgehead atoms. The Balaban J connectivity index is 2.98. The maximum atomic E-state index is 12.8. The van der Waals surface area contributed by atoms with Crippen molar-refractivity contribution < 1.29 is 9.23 Å². The average Bonchev–Trinajstić information content (AvgIpc) is 2.14. The molecule has 1 aromatic rings. The minimum absolute atomic E-state index is 0.255. The highest BCUT2D eigenvalue weighted by Crippen LogP contribution is 2.07. The van der Waals surface area contributed by atoms with Gasteiger partial charge in [-0.3, -0.25) is 0 Å². The highest BCUT2D eigenvalue weighted by atomic mass is 19.1. The predicted molar refractivity (Wildman–Crippen MR) is 50.2 cm³/mol. The molecule has 0 N–H and O–H groups in total. The van der Waals surface area contributed by atoms with E-state index in [-0.39, 0.29) is 5.82 Å². The van der Waals surface area contributed by atoms with Gasteiger partial charge in [0.1, 0.15) is 12.9 Å². The normalized spacial score (nSPS) is 11.5. The van der Waals surface area contributed by atoms with Crippen molar-refractivity contribution in [2.75, 3.05) is 7.11 Å². The van der Waals surface area contributed by atoms with E-state index in [2.05, 4.69) is 9.99 Å². The Kier molecular flexibility index (Phi) is 3.43. The van der Waals surface area contributed by atoms with Crippen molar-refractivity contribution >= 4 is 5.71 Å². The number of nitrogens with zero attached hydrogens (tertiary/aromatic N) is 1. The van der Waals surface area contributed by atoms with Crippen LogP contribution in [0.15, 0.2) is 29.4 Å². The number of hydrogen-bond acceptors (Lipinski definition) is 2. The Labute approximate surface area is 77.0 Å². The number of hydrogen-bond donors (Lipinski definition) is 0. The van der Waals surface area contributed by atoms with E-state index in [9.17, 15) is 4.39 Å². The van der Waals surface area contributed by atoms with E-state index < -0.39 is 0 Å². The summed E-state index contributed by atoms with van der Waals surface area (Å²) >= 11 is 0. The molecule has 0 atom stereocenters. The van der Waals surface area contributed by atoms with Crippen LogP contribution >= 0.6 is 0 Å². The van der Waals surface area contributed by atoms with Crippen LogP contribution in [0, 0.1) is 5.82 Å². The molecule has 0 amide bonds. The van der Waals surface area contributed by atoms with E-state index in [0.29, 0.717) is 0 Å². The maximum absolute atomic E-state index is 12.8. The van der Waals surface area contributed by atoms with Crippen molar-refractivity contribution in [2.45, 2.75) is 13.3 Å². The second-order valence-electron chi connectivity index (χ2n) is 2.58. The summed E-state index contributed by atoms with van der Waals surface area (Å²) in [6, 6.07) is 6.32. The van der Waals surface area contributed by atoms with Crippen LogP contribution in [-0.2, 0) is 4.84 Å². The first-order valence-corrected chi connectivity index (χ1v) is 4.14. The van der Waals surface area contributed by atoms with Gasteiger partial charge in [-0.25, -0.2) is 4.39 Å². The van der Waals surface area contributed by atoms with Gasteiger partial charge in [0.25, 0.3) is 0 Å². The molecule has 0 heterocycles. The van der Waals surface area contributed by atoms with Gasteiger partial charge in [0, 0.05) is 5.56 Å². The van der Waals surface area contributed by atoms with Gasteiger partial charge in [-0.05, 0) is 18.6 Å². The fourth-order valence-corrected chi connectivity index (χ4v) is 1.10. The number of oxime groups is 1. The molecule has 70 valence electrons. The Morgan fingerprint density at radius 2 is 2.31 bits per heavy atom. The highest BCUT2D eigenvalue weighted by Gasteiger charge is 2.02. The molecule has 0 aliphatic rings. The van der Waals surface area contributed by atoms with Gasteiger partial charge in [-0.1, -0.05) is 24.2 Å². The zero-order valence-electron chi connectivity index (χ0n) is 7.75. The number of halogens is 1. The Bertz CT molecular complexity index is 310. The van der Waals surface area contributed by atoms with Crippen LogP contribution in [0.4, 0.5) is 4.39 Å². The molecular weight excluding hydrogens is 169 g/mol. The maximum Gasteiger partial charge on any atom is 0.123 e. The highest BCUT2D eigenvalue weighted by molar-refractivity contribution is 5.99. The molecule has 0 saturated heterocycles. The minimum Gasteiger partial charge on any atom is -0.399 e. The molecule has 0 spiro atoms. The molecule has 0 aliphatic carbocycles. The van der Waals surface area contributed by atoms with Gasteiger partial charge < -0.3 is 4.84 Å². The summed E-state index contributed by atoms with van der Waals surface area (Å²) in [4.78, 5) is 4.65. The first-order valence-electron chi connectivity index (χ1n) is 4.14. The minimum atomic E-state index is -0.255. The van der Waals surface area contributed by atoms with E-state index in [1.165, 1.54) is 19.2 Å². The van der Waals surface area contributed by atoms with Crippen LogP contribution < -0.4 is 0 Å². The van der Waals surface area contributed by atoms with Crippen molar-refractivity contribution in [1.29, 1.82) is 0 Å². The van der Waals surface area contributed by atoms with Crippen molar-refractivity contribution in [3.8, 4) is 0 Å². The zero-order valence-corrected chi connectivity index (χ0v) is 7.75. The molecule has 13 heavy (non-hydrogen) atoms. The smallest absolute Gasteiger partial charge is 0.123 e. The fourth-order valence-electron chi connectivity index (χ4n) is 1.10. The summed E-state index contributed by atoms with van der Waals surface area (Å²) in [7, 11) is 1.48. The van der Waals surface area contributed by atoms with E-state index in [1.54, 1.807) is 6.07 Å². The second kappa shape index (κ2) is 4.60. The molecule has 0 unspecified atom stereocenters. The molecule has 1 aromatic carbocycles. The standard InChI is InChI=1S/C10H12FNO/c1-3-10(12-13-2)8-5-4-6-9(11)7-8/h4-7H,3H2,1-2H3/b12-10-. The van der Waals surface area contributed by atoms with Crippen molar-refractivity contribution in [3.63, 3.8) is 0 Å². The lowest BCUT2D eigenvalue weighted by Gasteiger charge is -2.02. The van der Waals surface area contributed by atoms with E-state index in [4.69, 9.17) is 0 Å². The van der Waals surface area contributed by atoms with Crippen molar-refractivity contribution in [3.05, 3.63) is 35.6 Å². The third-order valence-electron chi connectivity index (χ3n) is 1.69. The van der Waals surface area contributed by atoms with E-state index in [0.717, 1.165) is 17.7 Å². The lowest BCUT2D eigenvalue weighted by Crippen LogP contribution is -1.99. The first-order chi connectivity index (χ1) is 6.27. The molecule has 0 aliphatic heterocycles. The van der Waals surface area contributed by atoms with Crippen LogP contribution in [-0.4, -0.2) is 12.8 Å². The van der Waals surface area contributed by atoms with E-state index in [1.807, 2.05) is 13.0 Å². The Morgan fingerprint density at radius 1 is 1.54 bits per heavy atom. The third-order valence-corrected chi connectivity index (χ3v) is 1.69. The lowest BCUT2D eigenvalue weighted by atomic mass is 10.1. The van der Waals surface area contributed by atoms with Crippen LogP contribution in [0.2, 0.25) is 0 Å².